The standard InChI is InChI=1S/C11H14ClF2N3O/c1-11(13,14)5-17-10(18)6-3-8(15)9(16-2)4-7(6)12/h3-4,16H,5,15H2,1-2H3,(H,17,18). The predicted molar refractivity (Wildman–Crippen MR) is 68.4 cm³/mol. The molecule has 0 aromatic heterocycles. The molecule has 0 bridgehead atoms. The summed E-state index contributed by atoms with van der Waals surface area (Å²) in [6, 6.07) is 2.81. The molecule has 4 nitrogen and oxygen atoms in total. The molecule has 0 saturated carbocycles. The van der Waals surface area contributed by atoms with Gasteiger partial charge in [0.2, 0.25) is 0 Å². The van der Waals surface area contributed by atoms with Crippen molar-refractivity contribution in [2.45, 2.75) is 12.8 Å². The molecule has 0 atom stereocenters. The van der Waals surface area contributed by atoms with E-state index in [1.54, 1.807) is 7.05 Å². The van der Waals surface area contributed by atoms with Crippen LogP contribution in [0.4, 0.5) is 20.2 Å². The number of amides is 1. The number of halogens is 3. The van der Waals surface area contributed by atoms with Crippen LogP contribution >= 0.6 is 11.6 Å². The summed E-state index contributed by atoms with van der Waals surface area (Å²) in [5, 5.41) is 5.04. The third-order valence-electron chi connectivity index (χ3n) is 2.21. The number of hydrogen-bond donors (Lipinski definition) is 3. The number of carbonyl (C=O) groups is 1. The van der Waals surface area contributed by atoms with Crippen molar-refractivity contribution in [3.8, 4) is 0 Å². The Balaban J connectivity index is 2.90. The van der Waals surface area contributed by atoms with E-state index in [-0.39, 0.29) is 10.6 Å². The Morgan fingerprint density at radius 1 is 1.50 bits per heavy atom. The third kappa shape index (κ3) is 3.73. The minimum Gasteiger partial charge on any atom is -0.397 e. The summed E-state index contributed by atoms with van der Waals surface area (Å²) in [4.78, 5) is 11.7. The van der Waals surface area contributed by atoms with Gasteiger partial charge in [0.1, 0.15) is 0 Å². The highest BCUT2D eigenvalue weighted by Gasteiger charge is 2.23. The molecule has 18 heavy (non-hydrogen) atoms. The predicted octanol–water partition coefficient (Wildman–Crippen LogP) is 2.35. The number of rotatable bonds is 4. The minimum atomic E-state index is -2.97. The van der Waals surface area contributed by atoms with Crippen molar-refractivity contribution in [3.05, 3.63) is 22.7 Å². The van der Waals surface area contributed by atoms with Gasteiger partial charge in [-0.25, -0.2) is 8.78 Å². The van der Waals surface area contributed by atoms with Gasteiger partial charge in [-0.2, -0.15) is 0 Å². The van der Waals surface area contributed by atoms with Gasteiger partial charge in [-0.05, 0) is 12.1 Å². The van der Waals surface area contributed by atoms with Crippen LogP contribution in [0.25, 0.3) is 0 Å². The number of hydrogen-bond acceptors (Lipinski definition) is 3. The second kappa shape index (κ2) is 5.39. The lowest BCUT2D eigenvalue weighted by Crippen LogP contribution is -2.34. The van der Waals surface area contributed by atoms with Gasteiger partial charge < -0.3 is 16.4 Å². The number of nitrogens with one attached hydrogen (secondary N) is 2. The van der Waals surface area contributed by atoms with Crippen LogP contribution in [-0.4, -0.2) is 25.4 Å². The molecule has 0 aliphatic rings. The summed E-state index contributed by atoms with van der Waals surface area (Å²) in [7, 11) is 1.65. The molecule has 4 N–H and O–H groups in total. The Labute approximate surface area is 108 Å². The molecule has 0 saturated heterocycles. The van der Waals surface area contributed by atoms with Crippen LogP contribution in [-0.2, 0) is 0 Å². The molecule has 100 valence electrons. The number of alkyl halides is 2. The first-order valence-electron chi connectivity index (χ1n) is 5.17. The van der Waals surface area contributed by atoms with Crippen LogP contribution in [0, 0.1) is 0 Å². The van der Waals surface area contributed by atoms with Gasteiger partial charge in [0.25, 0.3) is 11.8 Å². The number of nitrogen functional groups attached to an aromatic ring is 1. The Kier molecular flexibility index (Phi) is 4.34. The fourth-order valence-electron chi connectivity index (χ4n) is 1.31. The molecule has 1 rings (SSSR count). The summed E-state index contributed by atoms with van der Waals surface area (Å²) in [5.41, 5.74) is 6.62. The van der Waals surface area contributed by atoms with Gasteiger partial charge >= 0.3 is 0 Å². The maximum Gasteiger partial charge on any atom is 0.262 e. The second-order valence-electron chi connectivity index (χ2n) is 3.92. The van der Waals surface area contributed by atoms with Gasteiger partial charge in [0.05, 0.1) is 28.5 Å². The zero-order valence-corrected chi connectivity index (χ0v) is 10.7. The van der Waals surface area contributed by atoms with Crippen molar-refractivity contribution in [3.63, 3.8) is 0 Å². The number of anilines is 2. The molecule has 0 fully saturated rings. The number of nitrogens with two attached hydrogens (primary N) is 1. The van der Waals surface area contributed by atoms with Crippen molar-refractivity contribution in [2.24, 2.45) is 0 Å². The van der Waals surface area contributed by atoms with E-state index in [1.807, 2.05) is 0 Å². The zero-order chi connectivity index (χ0) is 13.9. The normalized spacial score (nSPS) is 11.2. The molecule has 7 heteroatoms. The fourth-order valence-corrected chi connectivity index (χ4v) is 1.56. The first-order valence-corrected chi connectivity index (χ1v) is 5.55. The summed E-state index contributed by atoms with van der Waals surface area (Å²) in [6.07, 6.45) is 0. The highest BCUT2D eigenvalue weighted by molar-refractivity contribution is 6.34. The Bertz CT molecular complexity index is 460. The molecule has 0 radical (unpaired) electrons. The third-order valence-corrected chi connectivity index (χ3v) is 2.53. The molecular formula is C11H14ClF2N3O. The van der Waals surface area contributed by atoms with E-state index in [0.29, 0.717) is 18.3 Å². The van der Waals surface area contributed by atoms with Gasteiger partial charge in [0, 0.05) is 14.0 Å². The highest BCUT2D eigenvalue weighted by Crippen LogP contribution is 2.27. The molecule has 0 aliphatic carbocycles. The van der Waals surface area contributed by atoms with E-state index in [0.717, 1.165) is 0 Å². The molecule has 1 amide bonds. The van der Waals surface area contributed by atoms with E-state index in [2.05, 4.69) is 10.6 Å². The SMILES string of the molecule is CNc1cc(Cl)c(C(=O)NCC(C)(F)F)cc1N. The summed E-state index contributed by atoms with van der Waals surface area (Å²) in [6.45, 7) is -0.0385. The van der Waals surface area contributed by atoms with Crippen LogP contribution in [0.2, 0.25) is 5.02 Å². The van der Waals surface area contributed by atoms with Gasteiger partial charge in [-0.15, -0.1) is 0 Å². The van der Waals surface area contributed by atoms with Gasteiger partial charge in [-0.3, -0.25) is 4.79 Å². The molecular weight excluding hydrogens is 264 g/mol. The average molecular weight is 278 g/mol. The number of carbonyl (C=O) groups excluding carboxylic acids is 1. The molecule has 0 heterocycles. The molecule has 1 aromatic carbocycles. The van der Waals surface area contributed by atoms with E-state index in [1.165, 1.54) is 12.1 Å². The first-order chi connectivity index (χ1) is 8.24. The van der Waals surface area contributed by atoms with Gasteiger partial charge in [-0.1, -0.05) is 11.6 Å². The molecule has 0 spiro atoms. The second-order valence-corrected chi connectivity index (χ2v) is 4.33. The minimum absolute atomic E-state index is 0.0671. The smallest absolute Gasteiger partial charge is 0.262 e. The maximum atomic E-state index is 12.6. The fraction of sp³-hybridized carbons (Fsp3) is 0.364. The Morgan fingerprint density at radius 2 is 2.11 bits per heavy atom. The maximum absolute atomic E-state index is 12.6. The van der Waals surface area contributed by atoms with Crippen LogP contribution in [0.15, 0.2) is 12.1 Å². The van der Waals surface area contributed by atoms with E-state index >= 15 is 0 Å². The Morgan fingerprint density at radius 3 is 2.61 bits per heavy atom. The van der Waals surface area contributed by atoms with E-state index < -0.39 is 18.4 Å². The highest BCUT2D eigenvalue weighted by atomic mass is 35.5. The van der Waals surface area contributed by atoms with Crippen molar-refractivity contribution in [1.29, 1.82) is 0 Å². The van der Waals surface area contributed by atoms with Crippen molar-refractivity contribution >= 4 is 28.9 Å². The number of benzene rings is 1. The van der Waals surface area contributed by atoms with Crippen LogP contribution in [0.1, 0.15) is 17.3 Å². The van der Waals surface area contributed by atoms with Gasteiger partial charge in [0.15, 0.2) is 0 Å². The molecule has 1 aromatic rings. The summed E-state index contributed by atoms with van der Waals surface area (Å²) < 4.78 is 25.2. The quantitative estimate of drug-likeness (QED) is 0.740. The van der Waals surface area contributed by atoms with E-state index in [4.69, 9.17) is 17.3 Å². The average Bonchev–Trinajstić information content (AvgIpc) is 2.27. The largest absolute Gasteiger partial charge is 0.397 e. The van der Waals surface area contributed by atoms with Crippen molar-refractivity contribution in [2.75, 3.05) is 24.6 Å². The van der Waals surface area contributed by atoms with Crippen molar-refractivity contribution in [1.82, 2.24) is 5.32 Å². The van der Waals surface area contributed by atoms with Crippen LogP contribution < -0.4 is 16.4 Å². The topological polar surface area (TPSA) is 67.2 Å². The molecule has 0 aliphatic heterocycles. The monoisotopic (exact) mass is 277 g/mol. The summed E-state index contributed by atoms with van der Waals surface area (Å²) in [5.74, 6) is -3.66. The lowest BCUT2D eigenvalue weighted by Gasteiger charge is -2.13. The van der Waals surface area contributed by atoms with E-state index in [9.17, 15) is 13.6 Å². The Hall–Kier alpha value is -1.56. The lowest BCUT2D eigenvalue weighted by molar-refractivity contribution is 0.0221. The van der Waals surface area contributed by atoms with Crippen LogP contribution in [0.5, 0.6) is 0 Å². The summed E-state index contributed by atoms with van der Waals surface area (Å²) >= 11 is 5.88. The lowest BCUT2D eigenvalue weighted by atomic mass is 10.1. The van der Waals surface area contributed by atoms with Crippen LogP contribution in [0.3, 0.4) is 0 Å². The zero-order valence-electron chi connectivity index (χ0n) is 9.98. The van der Waals surface area contributed by atoms with Crippen molar-refractivity contribution < 1.29 is 13.6 Å². The first kappa shape index (κ1) is 14.5. The molecule has 0 unspecified atom stereocenters.